The van der Waals surface area contributed by atoms with Crippen molar-refractivity contribution in [1.82, 2.24) is 24.5 Å². The maximum atomic E-state index is 12.6. The lowest BCUT2D eigenvalue weighted by Gasteiger charge is -2.07. The molecule has 0 bridgehead atoms. The third-order valence-electron chi connectivity index (χ3n) is 4.32. The summed E-state index contributed by atoms with van der Waals surface area (Å²) in [6.45, 7) is 4.10. The highest BCUT2D eigenvalue weighted by Crippen LogP contribution is 2.24. The molecule has 4 aromatic rings. The van der Waals surface area contributed by atoms with Crippen LogP contribution in [0.1, 0.15) is 28.3 Å². The average molecular weight is 355 g/mol. The third kappa shape index (κ3) is 2.60. The van der Waals surface area contributed by atoms with E-state index in [1.165, 1.54) is 0 Å². The minimum Gasteiger partial charge on any atom is -0.310 e. The number of fused-ring (bicyclic) bond motifs is 3. The number of hydrogen-bond acceptors (Lipinski definition) is 6. The average Bonchev–Trinajstić information content (AvgIpc) is 2.95. The quantitative estimate of drug-likeness (QED) is 0.587. The summed E-state index contributed by atoms with van der Waals surface area (Å²) in [5.41, 5.74) is 2.62. The van der Waals surface area contributed by atoms with Gasteiger partial charge in [-0.3, -0.25) is 4.79 Å². The smallest absolute Gasteiger partial charge is 0.262 e. The molecular formula is C19H13N7O. The summed E-state index contributed by atoms with van der Waals surface area (Å²) in [6, 6.07) is 11.7. The molecule has 0 fully saturated rings. The Balaban J connectivity index is 2.11. The Morgan fingerprint density at radius 1 is 1.00 bits per heavy atom. The predicted octanol–water partition coefficient (Wildman–Crippen LogP) is 2.08. The molecule has 0 aliphatic carbocycles. The van der Waals surface area contributed by atoms with Gasteiger partial charge in [0.2, 0.25) is 0 Å². The number of nitrogens with one attached hydrogen (secondary N) is 1. The molecule has 1 aromatic carbocycles. The minimum atomic E-state index is -0.354. The maximum Gasteiger partial charge on any atom is 0.262 e. The number of rotatable bonds is 2. The molecule has 0 amide bonds. The molecule has 8 heteroatoms. The van der Waals surface area contributed by atoms with E-state index in [0.29, 0.717) is 23.7 Å². The number of benzene rings is 1. The van der Waals surface area contributed by atoms with Gasteiger partial charge in [-0.25, -0.2) is 15.0 Å². The van der Waals surface area contributed by atoms with E-state index in [1.807, 2.05) is 43.3 Å². The van der Waals surface area contributed by atoms with Crippen molar-refractivity contribution in [3.8, 4) is 12.1 Å². The van der Waals surface area contributed by atoms with E-state index < -0.39 is 0 Å². The molecule has 0 saturated carbocycles. The van der Waals surface area contributed by atoms with Crippen molar-refractivity contribution in [2.75, 3.05) is 0 Å². The van der Waals surface area contributed by atoms with Crippen molar-refractivity contribution in [3.05, 3.63) is 63.0 Å². The second kappa shape index (κ2) is 6.04. The van der Waals surface area contributed by atoms with Crippen LogP contribution in [0.2, 0.25) is 0 Å². The molecule has 3 aromatic heterocycles. The van der Waals surface area contributed by atoms with Gasteiger partial charge in [-0.2, -0.15) is 10.5 Å². The largest absolute Gasteiger partial charge is 0.310 e. The lowest BCUT2D eigenvalue weighted by atomic mass is 10.1. The number of aryl methyl sites for hydroxylation is 2. The van der Waals surface area contributed by atoms with E-state index in [2.05, 4.69) is 19.9 Å². The highest BCUT2D eigenvalue weighted by atomic mass is 16.1. The van der Waals surface area contributed by atoms with E-state index in [0.717, 1.165) is 11.1 Å². The monoisotopic (exact) mass is 355 g/mol. The van der Waals surface area contributed by atoms with Gasteiger partial charge in [0.1, 0.15) is 28.9 Å². The SMILES string of the molecule is Cc1ccc(Cn2c3nc(C#N)c(C#N)nc3c3c(=O)[nH]c(C)nc32)cc1. The molecule has 0 aliphatic heterocycles. The fraction of sp³-hybridized carbons (Fsp3) is 0.158. The highest BCUT2D eigenvalue weighted by molar-refractivity contribution is 6.02. The van der Waals surface area contributed by atoms with Crippen LogP contribution in [0.4, 0.5) is 0 Å². The molecule has 3 heterocycles. The van der Waals surface area contributed by atoms with E-state index >= 15 is 0 Å². The van der Waals surface area contributed by atoms with Crippen molar-refractivity contribution in [1.29, 1.82) is 10.5 Å². The summed E-state index contributed by atoms with van der Waals surface area (Å²) in [7, 11) is 0. The van der Waals surface area contributed by atoms with Crippen molar-refractivity contribution in [2.45, 2.75) is 20.4 Å². The van der Waals surface area contributed by atoms with Gasteiger partial charge < -0.3 is 9.55 Å². The van der Waals surface area contributed by atoms with Gasteiger partial charge in [0.25, 0.3) is 5.56 Å². The molecule has 0 atom stereocenters. The van der Waals surface area contributed by atoms with Crippen LogP contribution >= 0.6 is 0 Å². The summed E-state index contributed by atoms with van der Waals surface area (Å²) in [6.07, 6.45) is 0. The number of nitriles is 2. The van der Waals surface area contributed by atoms with E-state index in [4.69, 9.17) is 0 Å². The molecule has 1 N–H and O–H groups in total. The molecule has 8 nitrogen and oxygen atoms in total. The Morgan fingerprint density at radius 2 is 1.67 bits per heavy atom. The third-order valence-corrected chi connectivity index (χ3v) is 4.32. The highest BCUT2D eigenvalue weighted by Gasteiger charge is 2.21. The van der Waals surface area contributed by atoms with Gasteiger partial charge in [0, 0.05) is 0 Å². The van der Waals surface area contributed by atoms with Gasteiger partial charge in [-0.1, -0.05) is 29.8 Å². The second-order valence-corrected chi connectivity index (χ2v) is 6.24. The number of nitrogens with zero attached hydrogens (tertiary/aromatic N) is 6. The molecule has 0 radical (unpaired) electrons. The normalized spacial score (nSPS) is 10.8. The van der Waals surface area contributed by atoms with E-state index in [1.54, 1.807) is 11.5 Å². The fourth-order valence-electron chi connectivity index (χ4n) is 3.04. The van der Waals surface area contributed by atoms with Gasteiger partial charge in [0.15, 0.2) is 22.7 Å². The molecule has 4 rings (SSSR count). The lowest BCUT2D eigenvalue weighted by molar-refractivity contribution is 0.834. The first kappa shape index (κ1) is 16.4. The van der Waals surface area contributed by atoms with Crippen LogP contribution in [-0.4, -0.2) is 24.5 Å². The number of hydrogen-bond donors (Lipinski definition) is 1. The number of aromatic nitrogens is 5. The van der Waals surface area contributed by atoms with E-state index in [9.17, 15) is 15.3 Å². The number of H-pyrrole nitrogens is 1. The maximum absolute atomic E-state index is 12.6. The summed E-state index contributed by atoms with van der Waals surface area (Å²) >= 11 is 0. The van der Waals surface area contributed by atoms with Gasteiger partial charge >= 0.3 is 0 Å². The zero-order valence-electron chi connectivity index (χ0n) is 14.6. The van der Waals surface area contributed by atoms with Crippen LogP contribution in [0.15, 0.2) is 29.1 Å². The van der Waals surface area contributed by atoms with Crippen LogP contribution in [-0.2, 0) is 6.54 Å². The molecule has 0 unspecified atom stereocenters. The number of aromatic amines is 1. The molecule has 0 aliphatic rings. The first-order valence-electron chi connectivity index (χ1n) is 8.18. The van der Waals surface area contributed by atoms with Gasteiger partial charge in [-0.15, -0.1) is 0 Å². The predicted molar refractivity (Wildman–Crippen MR) is 97.9 cm³/mol. The Hall–Kier alpha value is -4.04. The summed E-state index contributed by atoms with van der Waals surface area (Å²) in [5, 5.41) is 18.8. The van der Waals surface area contributed by atoms with Crippen LogP contribution in [0.5, 0.6) is 0 Å². The molecule has 0 saturated heterocycles. The summed E-state index contributed by atoms with van der Waals surface area (Å²) in [5.74, 6) is 0.460. The van der Waals surface area contributed by atoms with E-state index in [-0.39, 0.29) is 27.9 Å². The molecule has 130 valence electrons. The Bertz CT molecular complexity index is 1350. The summed E-state index contributed by atoms with van der Waals surface area (Å²) < 4.78 is 1.76. The molecule has 0 spiro atoms. The lowest BCUT2D eigenvalue weighted by Crippen LogP contribution is -2.11. The fourth-order valence-corrected chi connectivity index (χ4v) is 3.04. The summed E-state index contributed by atoms with van der Waals surface area (Å²) in [4.78, 5) is 28.2. The van der Waals surface area contributed by atoms with Gasteiger partial charge in [-0.05, 0) is 19.4 Å². The van der Waals surface area contributed by atoms with Crippen molar-refractivity contribution in [3.63, 3.8) is 0 Å². The first-order chi connectivity index (χ1) is 13.0. The first-order valence-corrected chi connectivity index (χ1v) is 8.18. The second-order valence-electron chi connectivity index (χ2n) is 6.24. The topological polar surface area (TPSA) is 124 Å². The van der Waals surface area contributed by atoms with Crippen LogP contribution in [0.25, 0.3) is 22.2 Å². The van der Waals surface area contributed by atoms with Crippen molar-refractivity contribution in [2.24, 2.45) is 0 Å². The zero-order chi connectivity index (χ0) is 19.1. The molecule has 27 heavy (non-hydrogen) atoms. The van der Waals surface area contributed by atoms with Crippen LogP contribution in [0, 0.1) is 36.5 Å². The zero-order valence-corrected chi connectivity index (χ0v) is 14.6. The molecular weight excluding hydrogens is 342 g/mol. The van der Waals surface area contributed by atoms with Gasteiger partial charge in [0.05, 0.1) is 6.54 Å². The van der Waals surface area contributed by atoms with Crippen molar-refractivity contribution >= 4 is 22.2 Å². The Kier molecular flexibility index (Phi) is 3.68. The van der Waals surface area contributed by atoms with Crippen LogP contribution < -0.4 is 5.56 Å². The Labute approximate surface area is 153 Å². The Morgan fingerprint density at radius 3 is 2.33 bits per heavy atom. The standard InChI is InChI=1S/C19H13N7O/c1-10-3-5-12(6-4-10)9-26-17-15(19(27)23-11(2)22-17)16-18(26)25-14(8-21)13(7-20)24-16/h3-6H,9H2,1-2H3,(H,22,23,27). The van der Waals surface area contributed by atoms with Crippen LogP contribution in [0.3, 0.4) is 0 Å². The minimum absolute atomic E-state index is 0.0777. The van der Waals surface area contributed by atoms with Crippen molar-refractivity contribution < 1.29 is 0 Å².